The standard InChI is InChI=1S/C26H50O3Si/c1-20(2)30(21(3)4,22(5)6)29-25-15-13-11-9-10-12-14-16-26(27)28-18-17-23(7)19-24(25)8/h20-23,25H,8-19H2,1-7H3/t23-,25?/m1/s1. The molecule has 1 aliphatic heterocycles. The molecule has 1 rings (SSSR count). The summed E-state index contributed by atoms with van der Waals surface area (Å²) >= 11 is 0. The van der Waals surface area contributed by atoms with Gasteiger partial charge >= 0.3 is 5.97 Å². The molecule has 0 aliphatic carbocycles. The highest BCUT2D eigenvalue weighted by Gasteiger charge is 2.46. The van der Waals surface area contributed by atoms with Gasteiger partial charge in [-0.15, -0.1) is 0 Å². The molecule has 176 valence electrons. The summed E-state index contributed by atoms with van der Waals surface area (Å²) < 4.78 is 12.7. The van der Waals surface area contributed by atoms with Gasteiger partial charge in [0.05, 0.1) is 12.7 Å². The van der Waals surface area contributed by atoms with Gasteiger partial charge in [-0.05, 0) is 53.8 Å². The average Bonchev–Trinajstić information content (AvgIpc) is 2.64. The fourth-order valence-electron chi connectivity index (χ4n) is 5.43. The van der Waals surface area contributed by atoms with Crippen LogP contribution in [-0.4, -0.2) is 27.0 Å². The third-order valence-corrected chi connectivity index (χ3v) is 13.2. The maximum atomic E-state index is 11.9. The van der Waals surface area contributed by atoms with Gasteiger partial charge in [-0.2, -0.15) is 0 Å². The molecule has 0 aromatic rings. The van der Waals surface area contributed by atoms with E-state index in [2.05, 4.69) is 55.0 Å². The van der Waals surface area contributed by atoms with Gasteiger partial charge in [0.1, 0.15) is 0 Å². The second-order valence-corrected chi connectivity index (χ2v) is 16.0. The molecule has 3 nitrogen and oxygen atoms in total. The van der Waals surface area contributed by atoms with Crippen LogP contribution in [0.3, 0.4) is 0 Å². The average molecular weight is 439 g/mol. The number of carbonyl (C=O) groups excluding carboxylic acids is 1. The molecular formula is C26H50O3Si. The first-order chi connectivity index (χ1) is 14.1. The lowest BCUT2D eigenvalue weighted by Gasteiger charge is -2.45. The summed E-state index contributed by atoms with van der Waals surface area (Å²) in [6.07, 6.45) is 10.7. The highest BCUT2D eigenvalue weighted by molar-refractivity contribution is 6.77. The van der Waals surface area contributed by atoms with Crippen LogP contribution in [0.25, 0.3) is 0 Å². The molecule has 1 heterocycles. The second-order valence-electron chi connectivity index (χ2n) is 10.6. The molecule has 0 spiro atoms. The van der Waals surface area contributed by atoms with Gasteiger partial charge in [-0.1, -0.05) is 87.1 Å². The molecule has 1 aliphatic rings. The third-order valence-electron chi connectivity index (χ3n) is 7.09. The molecule has 4 heteroatoms. The van der Waals surface area contributed by atoms with E-state index in [0.717, 1.165) is 32.1 Å². The molecular weight excluding hydrogens is 388 g/mol. The minimum atomic E-state index is -1.94. The molecule has 0 bridgehead atoms. The van der Waals surface area contributed by atoms with Gasteiger partial charge in [-0.3, -0.25) is 4.79 Å². The fraction of sp³-hybridized carbons (Fsp3) is 0.885. The van der Waals surface area contributed by atoms with E-state index in [1.54, 1.807) is 0 Å². The highest BCUT2D eigenvalue weighted by atomic mass is 28.4. The van der Waals surface area contributed by atoms with Crippen LogP contribution in [0.4, 0.5) is 0 Å². The fourth-order valence-corrected chi connectivity index (χ4v) is 11.0. The normalized spacial score (nSPS) is 24.5. The largest absolute Gasteiger partial charge is 0.466 e. The van der Waals surface area contributed by atoms with Crippen molar-refractivity contribution in [2.24, 2.45) is 5.92 Å². The van der Waals surface area contributed by atoms with E-state index >= 15 is 0 Å². The van der Waals surface area contributed by atoms with E-state index in [9.17, 15) is 4.79 Å². The van der Waals surface area contributed by atoms with Crippen LogP contribution < -0.4 is 0 Å². The molecule has 2 atom stereocenters. The van der Waals surface area contributed by atoms with Crippen LogP contribution in [0.5, 0.6) is 0 Å². The van der Waals surface area contributed by atoms with Crippen molar-refractivity contribution in [1.82, 2.24) is 0 Å². The van der Waals surface area contributed by atoms with Crippen LogP contribution in [0.15, 0.2) is 12.2 Å². The molecule has 1 saturated heterocycles. The lowest BCUT2D eigenvalue weighted by atomic mass is 9.93. The number of cyclic esters (lactones) is 1. The van der Waals surface area contributed by atoms with E-state index in [0.29, 0.717) is 35.6 Å². The Bertz CT molecular complexity index is 491. The Morgan fingerprint density at radius 1 is 0.900 bits per heavy atom. The molecule has 0 radical (unpaired) electrons. The molecule has 1 fully saturated rings. The summed E-state index contributed by atoms with van der Waals surface area (Å²) in [7, 11) is -1.94. The third kappa shape index (κ3) is 8.49. The smallest absolute Gasteiger partial charge is 0.305 e. The zero-order valence-electron chi connectivity index (χ0n) is 21.1. The minimum Gasteiger partial charge on any atom is -0.466 e. The molecule has 0 N–H and O–H groups in total. The van der Waals surface area contributed by atoms with E-state index in [-0.39, 0.29) is 12.1 Å². The van der Waals surface area contributed by atoms with E-state index in [4.69, 9.17) is 9.16 Å². The minimum absolute atomic E-state index is 0.0316. The Labute approximate surface area is 188 Å². The van der Waals surface area contributed by atoms with Crippen molar-refractivity contribution in [2.75, 3.05) is 6.61 Å². The predicted molar refractivity (Wildman–Crippen MR) is 131 cm³/mol. The first kappa shape index (κ1) is 27.4. The molecule has 1 unspecified atom stereocenters. The highest BCUT2D eigenvalue weighted by Crippen LogP contribution is 2.44. The molecule has 0 aromatic carbocycles. The second kappa shape index (κ2) is 13.7. The van der Waals surface area contributed by atoms with Gasteiger partial charge in [0.2, 0.25) is 8.32 Å². The van der Waals surface area contributed by atoms with Crippen molar-refractivity contribution in [1.29, 1.82) is 0 Å². The monoisotopic (exact) mass is 438 g/mol. The van der Waals surface area contributed by atoms with Gasteiger partial charge in [0.25, 0.3) is 0 Å². The molecule has 0 saturated carbocycles. The van der Waals surface area contributed by atoms with Crippen molar-refractivity contribution in [3.05, 3.63) is 12.2 Å². The number of rotatable bonds is 5. The van der Waals surface area contributed by atoms with Crippen LogP contribution in [0.2, 0.25) is 16.6 Å². The Kier molecular flexibility index (Phi) is 12.5. The summed E-state index contributed by atoms with van der Waals surface area (Å²) in [5.41, 5.74) is 3.01. The Balaban J connectivity index is 2.95. The van der Waals surface area contributed by atoms with Crippen molar-refractivity contribution < 1.29 is 14.0 Å². The molecule has 0 aromatic heterocycles. The number of hydrogen-bond donors (Lipinski definition) is 0. The van der Waals surface area contributed by atoms with Gasteiger partial charge in [0.15, 0.2) is 0 Å². The lowest BCUT2D eigenvalue weighted by molar-refractivity contribution is -0.144. The quantitative estimate of drug-likeness (QED) is 0.246. The van der Waals surface area contributed by atoms with Gasteiger partial charge in [-0.25, -0.2) is 0 Å². The number of ether oxygens (including phenoxy) is 1. The number of carbonyl (C=O) groups is 1. The summed E-state index contributed by atoms with van der Waals surface area (Å²) in [6, 6.07) is 0. The van der Waals surface area contributed by atoms with E-state index < -0.39 is 8.32 Å². The van der Waals surface area contributed by atoms with Crippen LogP contribution in [0.1, 0.15) is 113 Å². The Morgan fingerprint density at radius 2 is 1.43 bits per heavy atom. The van der Waals surface area contributed by atoms with Crippen LogP contribution in [0, 0.1) is 5.92 Å². The molecule has 30 heavy (non-hydrogen) atoms. The van der Waals surface area contributed by atoms with Crippen molar-refractivity contribution in [3.8, 4) is 0 Å². The first-order valence-electron chi connectivity index (χ1n) is 12.6. The van der Waals surface area contributed by atoms with Gasteiger partial charge in [0, 0.05) is 6.42 Å². The first-order valence-corrected chi connectivity index (χ1v) is 14.8. The number of hydrogen-bond acceptors (Lipinski definition) is 3. The zero-order chi connectivity index (χ0) is 22.7. The Morgan fingerprint density at radius 3 is 2.00 bits per heavy atom. The Hall–Kier alpha value is -0.613. The predicted octanol–water partition coefficient (Wildman–Crippen LogP) is 8.20. The summed E-state index contributed by atoms with van der Waals surface area (Å²) in [5.74, 6) is 0.424. The van der Waals surface area contributed by atoms with E-state index in [1.807, 2.05) is 0 Å². The number of esters is 1. The maximum Gasteiger partial charge on any atom is 0.305 e. The van der Waals surface area contributed by atoms with Crippen LogP contribution >= 0.6 is 0 Å². The van der Waals surface area contributed by atoms with E-state index in [1.165, 1.54) is 31.3 Å². The SMILES string of the molecule is C=C1C[C@H](C)CCOC(=O)CCCCCCCCC1O[Si](C(C)C)(C(C)C)C(C)C. The maximum absolute atomic E-state index is 11.9. The zero-order valence-corrected chi connectivity index (χ0v) is 22.1. The molecule has 0 amide bonds. The lowest BCUT2D eigenvalue weighted by Crippen LogP contribution is -2.50. The van der Waals surface area contributed by atoms with Gasteiger partial charge < -0.3 is 9.16 Å². The summed E-state index contributed by atoms with van der Waals surface area (Å²) in [5, 5.41) is 0. The topological polar surface area (TPSA) is 35.5 Å². The van der Waals surface area contributed by atoms with Crippen molar-refractivity contribution in [2.45, 2.75) is 135 Å². The summed E-state index contributed by atoms with van der Waals surface area (Å²) in [6.45, 7) is 21.5. The van der Waals surface area contributed by atoms with Crippen molar-refractivity contribution in [3.63, 3.8) is 0 Å². The van der Waals surface area contributed by atoms with Crippen molar-refractivity contribution >= 4 is 14.3 Å². The summed E-state index contributed by atoms with van der Waals surface area (Å²) in [4.78, 5) is 11.9. The van der Waals surface area contributed by atoms with Crippen LogP contribution in [-0.2, 0) is 14.0 Å².